The number of benzene rings is 1. The van der Waals surface area contributed by atoms with Gasteiger partial charge in [0.05, 0.1) is 0 Å². The van der Waals surface area contributed by atoms with Crippen LogP contribution in [0.1, 0.15) is 12.8 Å². The second-order valence-corrected chi connectivity index (χ2v) is 6.18. The van der Waals surface area contributed by atoms with Crippen LogP contribution in [-0.2, 0) is 0 Å². The molecule has 19 heavy (non-hydrogen) atoms. The minimum Gasteiger partial charge on any atom is -0.304 e. The molecular formula is C15H25ClN2S. The van der Waals surface area contributed by atoms with Gasteiger partial charge in [0.25, 0.3) is 0 Å². The molecule has 0 amide bonds. The fraction of sp³-hybridized carbons (Fsp3) is 0.600. The van der Waals surface area contributed by atoms with Gasteiger partial charge in [0.1, 0.15) is 0 Å². The summed E-state index contributed by atoms with van der Waals surface area (Å²) in [5.74, 6) is 1.25. The van der Waals surface area contributed by atoms with Gasteiger partial charge in [-0.1, -0.05) is 18.2 Å². The van der Waals surface area contributed by atoms with Crippen LogP contribution in [0, 0.1) is 0 Å². The van der Waals surface area contributed by atoms with Gasteiger partial charge in [-0.05, 0) is 44.3 Å². The number of thioether (sulfide) groups is 1. The van der Waals surface area contributed by atoms with Crippen LogP contribution in [0.25, 0.3) is 0 Å². The summed E-state index contributed by atoms with van der Waals surface area (Å²) in [6.45, 7) is 6.26. The molecule has 0 aromatic heterocycles. The van der Waals surface area contributed by atoms with E-state index >= 15 is 0 Å². The zero-order chi connectivity index (χ0) is 12.6. The Balaban J connectivity index is 0.00000180. The molecule has 2 nitrogen and oxygen atoms in total. The molecule has 0 spiro atoms. The van der Waals surface area contributed by atoms with Crippen LogP contribution in [0.4, 0.5) is 0 Å². The molecule has 1 heterocycles. The molecule has 1 aromatic rings. The molecule has 0 bridgehead atoms. The summed E-state index contributed by atoms with van der Waals surface area (Å²) >= 11 is 1.98. The van der Waals surface area contributed by atoms with Crippen molar-refractivity contribution in [1.29, 1.82) is 0 Å². The topological polar surface area (TPSA) is 6.48 Å². The molecule has 1 aromatic carbocycles. The van der Waals surface area contributed by atoms with Crippen molar-refractivity contribution in [2.45, 2.75) is 17.7 Å². The summed E-state index contributed by atoms with van der Waals surface area (Å²) in [6, 6.07) is 10.7. The number of nitrogens with zero attached hydrogens (tertiary/aromatic N) is 2. The lowest BCUT2D eigenvalue weighted by Gasteiger charge is -2.32. The van der Waals surface area contributed by atoms with E-state index in [9.17, 15) is 0 Å². The highest BCUT2D eigenvalue weighted by Gasteiger charge is 2.12. The molecule has 1 saturated heterocycles. The van der Waals surface area contributed by atoms with Gasteiger partial charge in [-0.15, -0.1) is 24.2 Å². The number of unbranched alkanes of at least 4 members (excludes halogenated alkanes) is 1. The Labute approximate surface area is 128 Å². The molecule has 0 radical (unpaired) electrons. The fourth-order valence-electron chi connectivity index (χ4n) is 2.22. The number of hydrogen-bond donors (Lipinski definition) is 0. The van der Waals surface area contributed by atoms with E-state index in [1.54, 1.807) is 0 Å². The molecule has 0 saturated carbocycles. The Morgan fingerprint density at radius 1 is 1.00 bits per heavy atom. The van der Waals surface area contributed by atoms with E-state index in [0.29, 0.717) is 0 Å². The van der Waals surface area contributed by atoms with Crippen molar-refractivity contribution in [3.63, 3.8) is 0 Å². The van der Waals surface area contributed by atoms with Gasteiger partial charge >= 0.3 is 0 Å². The molecule has 4 heteroatoms. The first-order valence-electron chi connectivity index (χ1n) is 6.93. The summed E-state index contributed by atoms with van der Waals surface area (Å²) in [6.07, 6.45) is 2.66. The van der Waals surface area contributed by atoms with E-state index in [-0.39, 0.29) is 12.4 Å². The van der Waals surface area contributed by atoms with E-state index in [1.807, 2.05) is 11.8 Å². The van der Waals surface area contributed by atoms with E-state index < -0.39 is 0 Å². The minimum atomic E-state index is 0. The predicted octanol–water partition coefficient (Wildman–Crippen LogP) is 3.23. The first-order chi connectivity index (χ1) is 8.84. The normalized spacial score (nSPS) is 17.1. The maximum absolute atomic E-state index is 2.60. The van der Waals surface area contributed by atoms with Crippen molar-refractivity contribution >= 4 is 24.2 Å². The van der Waals surface area contributed by atoms with Crippen LogP contribution < -0.4 is 0 Å². The van der Waals surface area contributed by atoms with Crippen molar-refractivity contribution in [3.8, 4) is 0 Å². The Morgan fingerprint density at radius 2 is 1.68 bits per heavy atom. The van der Waals surface area contributed by atoms with Crippen molar-refractivity contribution in [2.24, 2.45) is 0 Å². The van der Waals surface area contributed by atoms with Gasteiger partial charge in [0.2, 0.25) is 0 Å². The molecule has 2 rings (SSSR count). The lowest BCUT2D eigenvalue weighted by atomic mass is 10.2. The van der Waals surface area contributed by atoms with Crippen molar-refractivity contribution in [1.82, 2.24) is 9.80 Å². The van der Waals surface area contributed by atoms with E-state index in [1.165, 1.54) is 56.2 Å². The first kappa shape index (κ1) is 16.8. The Bertz CT molecular complexity index is 326. The second-order valence-electron chi connectivity index (χ2n) is 5.01. The highest BCUT2D eigenvalue weighted by molar-refractivity contribution is 7.99. The molecule has 1 aliphatic heterocycles. The molecule has 0 aliphatic carbocycles. The van der Waals surface area contributed by atoms with Gasteiger partial charge in [-0.25, -0.2) is 0 Å². The summed E-state index contributed by atoms with van der Waals surface area (Å²) in [7, 11) is 2.22. The summed E-state index contributed by atoms with van der Waals surface area (Å²) in [4.78, 5) is 6.42. The summed E-state index contributed by atoms with van der Waals surface area (Å²) in [5.41, 5.74) is 0. The van der Waals surface area contributed by atoms with E-state index in [2.05, 4.69) is 47.2 Å². The average molecular weight is 301 g/mol. The van der Waals surface area contributed by atoms with Crippen LogP contribution in [0.2, 0.25) is 0 Å². The van der Waals surface area contributed by atoms with Crippen LogP contribution >= 0.6 is 24.2 Å². The van der Waals surface area contributed by atoms with E-state index in [4.69, 9.17) is 0 Å². The lowest BCUT2D eigenvalue weighted by molar-refractivity contribution is 0.153. The third-order valence-corrected chi connectivity index (χ3v) is 4.57. The quantitative estimate of drug-likeness (QED) is 0.588. The number of halogens is 1. The first-order valence-corrected chi connectivity index (χ1v) is 7.92. The zero-order valence-corrected chi connectivity index (χ0v) is 13.4. The monoisotopic (exact) mass is 300 g/mol. The largest absolute Gasteiger partial charge is 0.304 e. The minimum absolute atomic E-state index is 0. The van der Waals surface area contributed by atoms with Crippen molar-refractivity contribution in [3.05, 3.63) is 30.3 Å². The lowest BCUT2D eigenvalue weighted by Crippen LogP contribution is -2.44. The highest BCUT2D eigenvalue weighted by atomic mass is 35.5. The molecule has 1 aliphatic rings. The SMILES string of the molecule is CN1CCN(CCCCSc2ccccc2)CC1.Cl. The third-order valence-electron chi connectivity index (χ3n) is 3.48. The highest BCUT2D eigenvalue weighted by Crippen LogP contribution is 2.18. The smallest absolute Gasteiger partial charge is 0.0110 e. The standard InChI is InChI=1S/C15H24N2S.ClH/c1-16-10-12-17(13-11-16)9-5-6-14-18-15-7-3-2-4-8-15;/h2-4,7-8H,5-6,9-14H2,1H3;1H. The van der Waals surface area contributed by atoms with Gasteiger partial charge in [0.15, 0.2) is 0 Å². The van der Waals surface area contributed by atoms with Crippen LogP contribution in [-0.4, -0.2) is 55.3 Å². The zero-order valence-electron chi connectivity index (χ0n) is 11.8. The predicted molar refractivity (Wildman–Crippen MR) is 87.6 cm³/mol. The molecule has 0 unspecified atom stereocenters. The molecule has 108 valence electrons. The number of hydrogen-bond acceptors (Lipinski definition) is 3. The Morgan fingerprint density at radius 3 is 2.37 bits per heavy atom. The van der Waals surface area contributed by atoms with Crippen LogP contribution in [0.5, 0.6) is 0 Å². The Kier molecular flexibility index (Phi) is 8.55. The van der Waals surface area contributed by atoms with Crippen LogP contribution in [0.15, 0.2) is 35.2 Å². The average Bonchev–Trinajstić information content (AvgIpc) is 2.42. The molecule has 0 atom stereocenters. The number of likely N-dealkylation sites (N-methyl/N-ethyl adjacent to an activating group) is 1. The molecule has 0 N–H and O–H groups in total. The van der Waals surface area contributed by atoms with Gasteiger partial charge < -0.3 is 9.80 Å². The maximum Gasteiger partial charge on any atom is 0.0110 e. The maximum atomic E-state index is 2.60. The van der Waals surface area contributed by atoms with E-state index in [0.717, 1.165) is 0 Å². The third kappa shape index (κ3) is 6.66. The summed E-state index contributed by atoms with van der Waals surface area (Å²) < 4.78 is 0. The van der Waals surface area contributed by atoms with Crippen molar-refractivity contribution in [2.75, 3.05) is 45.5 Å². The molecule has 1 fully saturated rings. The number of rotatable bonds is 6. The fourth-order valence-corrected chi connectivity index (χ4v) is 3.15. The Hall–Kier alpha value is -0.220. The van der Waals surface area contributed by atoms with Crippen molar-refractivity contribution < 1.29 is 0 Å². The second kappa shape index (κ2) is 9.65. The number of piperazine rings is 1. The van der Waals surface area contributed by atoms with Gasteiger partial charge in [-0.3, -0.25) is 0 Å². The van der Waals surface area contributed by atoms with Gasteiger partial charge in [-0.2, -0.15) is 0 Å². The summed E-state index contributed by atoms with van der Waals surface area (Å²) in [5, 5.41) is 0. The van der Waals surface area contributed by atoms with Gasteiger partial charge in [0, 0.05) is 31.1 Å². The molecular weight excluding hydrogens is 276 g/mol. The van der Waals surface area contributed by atoms with Crippen LogP contribution in [0.3, 0.4) is 0 Å².